The first-order chi connectivity index (χ1) is 6.42. The van der Waals surface area contributed by atoms with Crippen LogP contribution in [-0.4, -0.2) is 12.6 Å². The van der Waals surface area contributed by atoms with Crippen molar-refractivity contribution in [2.75, 3.05) is 6.67 Å². The van der Waals surface area contributed by atoms with E-state index in [9.17, 15) is 22.0 Å². The molecule has 0 heterocycles. The summed E-state index contributed by atoms with van der Waals surface area (Å²) in [5.41, 5.74) is -0.918. The largest absolute Gasteiger partial charge is 0.342 e. The molecule has 0 nitrogen and oxygen atoms in total. The lowest BCUT2D eigenvalue weighted by Crippen LogP contribution is -2.39. The van der Waals surface area contributed by atoms with E-state index in [1.54, 1.807) is 0 Å². The zero-order chi connectivity index (χ0) is 10.8. The second-order valence-electron chi connectivity index (χ2n) is 2.70. The van der Waals surface area contributed by atoms with E-state index in [0.717, 1.165) is 24.3 Å². The van der Waals surface area contributed by atoms with Gasteiger partial charge in [0.15, 0.2) is 6.67 Å². The van der Waals surface area contributed by atoms with Crippen LogP contribution >= 0.6 is 0 Å². The first kappa shape index (κ1) is 10.9. The summed E-state index contributed by atoms with van der Waals surface area (Å²) in [6.45, 7) is -2.39. The molecule has 14 heavy (non-hydrogen) atoms. The van der Waals surface area contributed by atoms with E-state index in [1.165, 1.54) is 0 Å². The van der Waals surface area contributed by atoms with Crippen LogP contribution in [0.1, 0.15) is 5.56 Å². The third-order valence-corrected chi connectivity index (χ3v) is 1.71. The van der Waals surface area contributed by atoms with Gasteiger partial charge in [-0.25, -0.2) is 4.39 Å². The van der Waals surface area contributed by atoms with Crippen molar-refractivity contribution in [1.82, 2.24) is 0 Å². The molecule has 0 spiro atoms. The lowest BCUT2D eigenvalue weighted by atomic mass is 10.0. The highest BCUT2D eigenvalue weighted by molar-refractivity contribution is 5.21. The molecule has 1 rings (SSSR count). The molecule has 1 aromatic carbocycles. The lowest BCUT2D eigenvalue weighted by molar-refractivity contribution is -0.222. The van der Waals surface area contributed by atoms with Crippen molar-refractivity contribution in [3.63, 3.8) is 0 Å². The number of hydrogen-bond donors (Lipinski definition) is 0. The molecule has 0 saturated heterocycles. The van der Waals surface area contributed by atoms with Gasteiger partial charge >= 0.3 is 11.8 Å². The van der Waals surface area contributed by atoms with Gasteiger partial charge in [-0.15, -0.1) is 0 Å². The lowest BCUT2D eigenvalue weighted by Gasteiger charge is -2.24. The van der Waals surface area contributed by atoms with Crippen LogP contribution in [0.3, 0.4) is 0 Å². The van der Waals surface area contributed by atoms with Gasteiger partial charge in [0, 0.05) is 5.56 Å². The third kappa shape index (κ3) is 1.71. The van der Waals surface area contributed by atoms with E-state index in [0.29, 0.717) is 0 Å². The number of halogens is 5. The Morgan fingerprint density at radius 2 is 1.57 bits per heavy atom. The van der Waals surface area contributed by atoms with Crippen molar-refractivity contribution in [3.8, 4) is 0 Å². The van der Waals surface area contributed by atoms with Gasteiger partial charge in [0.1, 0.15) is 0 Å². The highest BCUT2D eigenvalue weighted by Gasteiger charge is 2.57. The Kier molecular flexibility index (Phi) is 2.78. The zero-order valence-corrected chi connectivity index (χ0v) is 6.91. The van der Waals surface area contributed by atoms with Crippen LogP contribution in [0.5, 0.6) is 0 Å². The normalized spacial score (nSPS) is 12.9. The van der Waals surface area contributed by atoms with Crippen LogP contribution < -0.4 is 0 Å². The van der Waals surface area contributed by atoms with Crippen molar-refractivity contribution < 1.29 is 22.0 Å². The molecule has 1 radical (unpaired) electrons. The molecular formula is C9H6F5. The molecular weight excluding hydrogens is 203 g/mol. The van der Waals surface area contributed by atoms with Crippen molar-refractivity contribution in [2.24, 2.45) is 0 Å². The van der Waals surface area contributed by atoms with E-state index in [-0.39, 0.29) is 0 Å². The molecule has 0 N–H and O–H groups in total. The molecule has 0 aliphatic heterocycles. The molecule has 5 heteroatoms. The number of hydrogen-bond acceptors (Lipinski definition) is 0. The highest BCUT2D eigenvalue weighted by Crippen LogP contribution is 2.42. The van der Waals surface area contributed by atoms with E-state index < -0.39 is 24.1 Å². The molecule has 0 aromatic heterocycles. The van der Waals surface area contributed by atoms with Crippen molar-refractivity contribution in [2.45, 2.75) is 11.8 Å². The van der Waals surface area contributed by atoms with Gasteiger partial charge in [-0.1, -0.05) is 24.3 Å². The Hall–Kier alpha value is -1.13. The van der Waals surface area contributed by atoms with Gasteiger partial charge < -0.3 is 0 Å². The molecule has 77 valence electrons. The van der Waals surface area contributed by atoms with Gasteiger partial charge in [0.25, 0.3) is 0 Å². The molecule has 0 saturated carbocycles. The van der Waals surface area contributed by atoms with E-state index >= 15 is 0 Å². The summed E-state index contributed by atoms with van der Waals surface area (Å²) in [4.78, 5) is 0. The number of benzene rings is 1. The minimum absolute atomic E-state index is 0.781. The maximum absolute atomic E-state index is 12.9. The third-order valence-electron chi connectivity index (χ3n) is 1.71. The summed E-state index contributed by atoms with van der Waals surface area (Å²) < 4.78 is 62.5. The van der Waals surface area contributed by atoms with Crippen LogP contribution in [0.25, 0.3) is 0 Å². The summed E-state index contributed by atoms with van der Waals surface area (Å²) in [6, 6.07) is 6.10. The Bertz CT molecular complexity index is 293. The number of rotatable bonds is 3. The average Bonchev–Trinajstić information content (AvgIpc) is 2.19. The van der Waals surface area contributed by atoms with Crippen LogP contribution in [0.15, 0.2) is 24.3 Å². The van der Waals surface area contributed by atoms with Crippen molar-refractivity contribution >= 4 is 0 Å². The number of alkyl halides is 5. The highest BCUT2D eigenvalue weighted by atomic mass is 19.3. The second kappa shape index (κ2) is 3.55. The second-order valence-corrected chi connectivity index (χ2v) is 2.70. The monoisotopic (exact) mass is 209 g/mol. The van der Waals surface area contributed by atoms with E-state index in [4.69, 9.17) is 0 Å². The Balaban J connectivity index is 3.08. The smallest absolute Gasteiger partial charge is 0.244 e. The van der Waals surface area contributed by atoms with E-state index in [2.05, 4.69) is 6.07 Å². The minimum Gasteiger partial charge on any atom is -0.244 e. The van der Waals surface area contributed by atoms with Crippen molar-refractivity contribution in [1.29, 1.82) is 0 Å². The fourth-order valence-electron chi connectivity index (χ4n) is 0.891. The Labute approximate surface area is 77.4 Å². The predicted molar refractivity (Wildman–Crippen MR) is 40.1 cm³/mol. The maximum atomic E-state index is 12.9. The Morgan fingerprint density at radius 3 is 2.00 bits per heavy atom. The van der Waals surface area contributed by atoms with Crippen LogP contribution in [0.4, 0.5) is 22.0 Å². The maximum Gasteiger partial charge on any atom is 0.342 e. The average molecular weight is 209 g/mol. The SMILES string of the molecule is FCC(F)(F)C(F)(F)c1cc[c]cc1. The van der Waals surface area contributed by atoms with Gasteiger partial charge in [-0.3, -0.25) is 0 Å². The Morgan fingerprint density at radius 1 is 1.07 bits per heavy atom. The topological polar surface area (TPSA) is 0 Å². The quantitative estimate of drug-likeness (QED) is 0.670. The molecule has 0 unspecified atom stereocenters. The fourth-order valence-corrected chi connectivity index (χ4v) is 0.891. The molecule has 0 bridgehead atoms. The van der Waals surface area contributed by atoms with Crippen LogP contribution in [-0.2, 0) is 5.92 Å². The molecule has 0 atom stereocenters. The predicted octanol–water partition coefficient (Wildman–Crippen LogP) is 3.18. The fraction of sp³-hybridized carbons (Fsp3) is 0.333. The molecule has 0 amide bonds. The minimum atomic E-state index is -4.67. The van der Waals surface area contributed by atoms with Gasteiger partial charge in [-0.05, 0) is 6.07 Å². The van der Waals surface area contributed by atoms with Gasteiger partial charge in [0.2, 0.25) is 0 Å². The van der Waals surface area contributed by atoms with Gasteiger partial charge in [0.05, 0.1) is 0 Å². The summed E-state index contributed by atoms with van der Waals surface area (Å²) in [5.74, 6) is -9.16. The van der Waals surface area contributed by atoms with Crippen molar-refractivity contribution in [3.05, 3.63) is 35.9 Å². The molecule has 0 fully saturated rings. The molecule has 1 aromatic rings. The standard InChI is InChI=1S/C9H6F5/c10-6-8(11,12)9(13,14)7-4-2-1-3-5-7/h2-5H,6H2. The zero-order valence-electron chi connectivity index (χ0n) is 6.91. The van der Waals surface area contributed by atoms with Gasteiger partial charge in [-0.2, -0.15) is 17.6 Å². The first-order valence-electron chi connectivity index (χ1n) is 3.70. The summed E-state index contributed by atoms with van der Waals surface area (Å²) in [5, 5.41) is 0. The summed E-state index contributed by atoms with van der Waals surface area (Å²) in [7, 11) is 0. The first-order valence-corrected chi connectivity index (χ1v) is 3.70. The van der Waals surface area contributed by atoms with Crippen LogP contribution in [0, 0.1) is 6.07 Å². The van der Waals surface area contributed by atoms with E-state index in [1.807, 2.05) is 0 Å². The molecule has 0 aliphatic carbocycles. The summed E-state index contributed by atoms with van der Waals surface area (Å²) >= 11 is 0. The van der Waals surface area contributed by atoms with Crippen LogP contribution in [0.2, 0.25) is 0 Å². The summed E-state index contributed by atoms with van der Waals surface area (Å²) in [6.07, 6.45) is 0. The molecule has 0 aliphatic rings.